The van der Waals surface area contributed by atoms with E-state index in [4.69, 9.17) is 15.7 Å². The number of pyridine rings is 1. The second-order valence-electron chi connectivity index (χ2n) is 7.41. The summed E-state index contributed by atoms with van der Waals surface area (Å²) in [6.45, 7) is 4.40. The van der Waals surface area contributed by atoms with Crippen molar-refractivity contribution in [3.63, 3.8) is 0 Å². The number of nitrogens with zero attached hydrogens (tertiary/aromatic N) is 6. The van der Waals surface area contributed by atoms with Crippen molar-refractivity contribution in [1.29, 1.82) is 0 Å². The van der Waals surface area contributed by atoms with Gasteiger partial charge < -0.3 is 5.73 Å². The zero-order chi connectivity index (χ0) is 21.4. The van der Waals surface area contributed by atoms with Gasteiger partial charge in [-0.05, 0) is 37.6 Å². The number of nitrogens with two attached hydrogens (primary N) is 1. The van der Waals surface area contributed by atoms with E-state index < -0.39 is 0 Å². The summed E-state index contributed by atoms with van der Waals surface area (Å²) in [6, 6.07) is 16.4. The molecular weight excluding hydrogens is 386 g/mol. The largest absolute Gasteiger partial charge is 0.382 e. The molecule has 0 aliphatic carbocycles. The van der Waals surface area contributed by atoms with Crippen LogP contribution in [0.5, 0.6) is 0 Å². The first-order chi connectivity index (χ1) is 15.1. The van der Waals surface area contributed by atoms with Gasteiger partial charge in [-0.15, -0.1) is 0 Å². The molecule has 0 aliphatic heterocycles. The summed E-state index contributed by atoms with van der Waals surface area (Å²) in [5.41, 5.74) is 12.3. The topological polar surface area (TPSA) is 94.9 Å². The molecule has 5 rings (SSSR count). The number of rotatable bonds is 4. The maximum Gasteiger partial charge on any atom is 0.151 e. The van der Waals surface area contributed by atoms with Crippen molar-refractivity contribution in [1.82, 2.24) is 24.5 Å². The van der Waals surface area contributed by atoms with Gasteiger partial charge in [0.1, 0.15) is 17.8 Å². The Bertz CT molecular complexity index is 1450. The Morgan fingerprint density at radius 3 is 2.74 bits per heavy atom. The molecule has 3 heterocycles. The Hall–Kier alpha value is -4.13. The van der Waals surface area contributed by atoms with Gasteiger partial charge in [0.25, 0.3) is 0 Å². The van der Waals surface area contributed by atoms with Crippen molar-refractivity contribution < 1.29 is 0 Å². The summed E-state index contributed by atoms with van der Waals surface area (Å²) >= 11 is 0. The van der Waals surface area contributed by atoms with Crippen LogP contribution in [0.4, 0.5) is 5.82 Å². The zero-order valence-electron chi connectivity index (χ0n) is 17.3. The van der Waals surface area contributed by atoms with E-state index in [1.165, 1.54) is 0 Å². The molecule has 7 nitrogen and oxygen atoms in total. The molecule has 0 saturated carbocycles. The molecule has 0 saturated heterocycles. The lowest BCUT2D eigenvalue weighted by Crippen LogP contribution is -2.07. The van der Waals surface area contributed by atoms with Gasteiger partial charge in [0.05, 0.1) is 28.8 Å². The highest BCUT2D eigenvalue weighted by atomic mass is 15.1. The van der Waals surface area contributed by atoms with E-state index in [1.54, 1.807) is 12.4 Å². The van der Waals surface area contributed by atoms with Crippen LogP contribution < -0.4 is 5.73 Å². The Morgan fingerprint density at radius 1 is 1.03 bits per heavy atom. The van der Waals surface area contributed by atoms with Gasteiger partial charge in [-0.3, -0.25) is 9.56 Å². The van der Waals surface area contributed by atoms with E-state index in [9.17, 15) is 0 Å². The quantitative estimate of drug-likeness (QED) is 0.449. The summed E-state index contributed by atoms with van der Waals surface area (Å²) in [5, 5.41) is 1.08. The number of para-hydroxylation sites is 3. The molecule has 0 radical (unpaired) electrons. The Balaban J connectivity index is 1.67. The Morgan fingerprint density at radius 2 is 1.87 bits per heavy atom. The van der Waals surface area contributed by atoms with Crippen molar-refractivity contribution in [3.05, 3.63) is 84.1 Å². The molecule has 0 aliphatic rings. The first kappa shape index (κ1) is 18.9. The summed E-state index contributed by atoms with van der Waals surface area (Å²) in [7, 11) is 0. The highest BCUT2D eigenvalue weighted by Gasteiger charge is 2.14. The Kier molecular flexibility index (Phi) is 4.63. The average molecular weight is 407 g/mol. The highest BCUT2D eigenvalue weighted by Crippen LogP contribution is 2.26. The number of aliphatic imine (C=N–C) groups is 1. The molecule has 2 N–H and O–H groups in total. The third-order valence-corrected chi connectivity index (χ3v) is 5.34. The summed E-state index contributed by atoms with van der Waals surface area (Å²) in [5.74, 6) is 1.19. The minimum Gasteiger partial charge on any atom is -0.382 e. The molecule has 0 atom stereocenters. The number of aromatic nitrogens is 5. The van der Waals surface area contributed by atoms with Crippen LogP contribution in [-0.2, 0) is 6.54 Å². The van der Waals surface area contributed by atoms with Gasteiger partial charge >= 0.3 is 0 Å². The number of imidazole rings is 1. The first-order valence-corrected chi connectivity index (χ1v) is 10.0. The highest BCUT2D eigenvalue weighted by molar-refractivity contribution is 6.00. The second-order valence-corrected chi connectivity index (χ2v) is 7.41. The molecule has 0 unspecified atom stereocenters. The third kappa shape index (κ3) is 3.40. The fourth-order valence-electron chi connectivity index (χ4n) is 3.74. The number of fused-ring (bicyclic) bond motifs is 2. The summed E-state index contributed by atoms with van der Waals surface area (Å²) in [4.78, 5) is 22.8. The lowest BCUT2D eigenvalue weighted by Gasteiger charge is -2.13. The number of hydrogen-bond acceptors (Lipinski definition) is 6. The fourth-order valence-corrected chi connectivity index (χ4v) is 3.74. The number of benzene rings is 2. The normalized spacial score (nSPS) is 12.0. The maximum absolute atomic E-state index is 5.97. The molecule has 5 aromatic rings. The van der Waals surface area contributed by atoms with Gasteiger partial charge in [0, 0.05) is 23.3 Å². The second kappa shape index (κ2) is 7.60. The van der Waals surface area contributed by atoms with Crippen LogP contribution in [0.2, 0.25) is 0 Å². The van der Waals surface area contributed by atoms with Crippen molar-refractivity contribution in [3.8, 4) is 5.82 Å². The van der Waals surface area contributed by atoms with Crippen molar-refractivity contribution in [2.24, 2.45) is 4.99 Å². The van der Waals surface area contributed by atoms with Gasteiger partial charge in [0.2, 0.25) is 0 Å². The van der Waals surface area contributed by atoms with Crippen LogP contribution in [0.15, 0.2) is 72.2 Å². The van der Waals surface area contributed by atoms with Crippen LogP contribution in [0.3, 0.4) is 0 Å². The van der Waals surface area contributed by atoms with Crippen LogP contribution in [0.1, 0.15) is 23.7 Å². The van der Waals surface area contributed by atoms with Gasteiger partial charge in [0.15, 0.2) is 5.82 Å². The van der Waals surface area contributed by atoms with Gasteiger partial charge in [-0.25, -0.2) is 19.9 Å². The molecule has 0 spiro atoms. The number of hydrogen-bond donors (Lipinski definition) is 1. The molecule has 152 valence electrons. The molecule has 2 aromatic carbocycles. The van der Waals surface area contributed by atoms with E-state index in [1.807, 2.05) is 48.1 Å². The molecule has 0 bridgehead atoms. The molecule has 0 fully saturated rings. The molecule has 7 heteroatoms. The molecular formula is C24H21N7. The maximum atomic E-state index is 5.97. The zero-order valence-corrected chi connectivity index (χ0v) is 17.3. The number of nitrogen functional groups attached to an aromatic ring is 1. The summed E-state index contributed by atoms with van der Waals surface area (Å²) in [6.07, 6.45) is 5.01. The molecule has 31 heavy (non-hydrogen) atoms. The van der Waals surface area contributed by atoms with E-state index in [0.717, 1.165) is 44.6 Å². The smallest absolute Gasteiger partial charge is 0.151 e. The standard InChI is InChI=1S/C24H21N7/c1-15-6-5-7-17-12-18(13-28-16(2)22-23(25)27-11-10-26-22)24(30-21(15)17)31-14-29-19-8-3-4-9-20(19)31/h3-12,14H,13H2,1-2H3,(H2,25,27). The van der Waals surface area contributed by atoms with Crippen LogP contribution in [0, 0.1) is 6.92 Å². The van der Waals surface area contributed by atoms with E-state index in [2.05, 4.69) is 40.1 Å². The minimum atomic E-state index is 0.372. The Labute approximate surface area is 179 Å². The van der Waals surface area contributed by atoms with E-state index in [0.29, 0.717) is 18.1 Å². The van der Waals surface area contributed by atoms with Crippen molar-refractivity contribution >= 4 is 33.5 Å². The average Bonchev–Trinajstić information content (AvgIpc) is 3.21. The van der Waals surface area contributed by atoms with Gasteiger partial charge in [-0.2, -0.15) is 0 Å². The lowest BCUT2D eigenvalue weighted by molar-refractivity contribution is 0.960. The summed E-state index contributed by atoms with van der Waals surface area (Å²) < 4.78 is 2.03. The number of anilines is 1. The third-order valence-electron chi connectivity index (χ3n) is 5.34. The minimum absolute atomic E-state index is 0.372. The molecule has 3 aromatic heterocycles. The predicted octanol–water partition coefficient (Wildman–Crippen LogP) is 4.26. The van der Waals surface area contributed by atoms with Crippen LogP contribution >= 0.6 is 0 Å². The van der Waals surface area contributed by atoms with E-state index >= 15 is 0 Å². The van der Waals surface area contributed by atoms with Crippen LogP contribution in [-0.4, -0.2) is 30.2 Å². The number of aryl methyl sites for hydroxylation is 1. The predicted molar refractivity (Wildman–Crippen MR) is 123 cm³/mol. The van der Waals surface area contributed by atoms with E-state index in [-0.39, 0.29) is 0 Å². The van der Waals surface area contributed by atoms with Gasteiger partial charge in [-0.1, -0.05) is 30.3 Å². The lowest BCUT2D eigenvalue weighted by atomic mass is 10.1. The fraction of sp³-hybridized carbons (Fsp3) is 0.125. The first-order valence-electron chi connectivity index (χ1n) is 10.0. The van der Waals surface area contributed by atoms with Crippen molar-refractivity contribution in [2.75, 3.05) is 5.73 Å². The van der Waals surface area contributed by atoms with Crippen molar-refractivity contribution in [2.45, 2.75) is 20.4 Å². The SMILES string of the molecule is CC(=NCc1cc2cccc(C)c2nc1-n1cnc2ccccc21)c1nccnc1N. The molecule has 0 amide bonds. The van der Waals surface area contributed by atoms with Crippen LogP contribution in [0.25, 0.3) is 27.8 Å². The monoisotopic (exact) mass is 407 g/mol.